The third-order valence-corrected chi connectivity index (χ3v) is 3.29. The Labute approximate surface area is 106 Å². The summed E-state index contributed by atoms with van der Waals surface area (Å²) in [5.74, 6) is 0.0579. The summed E-state index contributed by atoms with van der Waals surface area (Å²) in [6, 6.07) is 9.85. The molecule has 5 heteroatoms. The number of rotatable bonds is 3. The average Bonchev–Trinajstić information content (AvgIpc) is 2.40. The monoisotopic (exact) mass is 251 g/mol. The van der Waals surface area contributed by atoms with E-state index in [4.69, 9.17) is 9.47 Å². The van der Waals surface area contributed by atoms with Crippen molar-refractivity contribution in [3.05, 3.63) is 46.0 Å². The van der Waals surface area contributed by atoms with Crippen LogP contribution in [0.2, 0.25) is 0 Å². The Morgan fingerprint density at radius 1 is 1.33 bits per heavy atom. The molecule has 0 aromatic heterocycles. The zero-order valence-corrected chi connectivity index (χ0v) is 10.5. The number of hydrogen-bond acceptors (Lipinski definition) is 4. The molecule has 1 aromatic carbocycles. The number of benzene rings is 1. The van der Waals surface area contributed by atoms with Gasteiger partial charge in [0.25, 0.3) is 5.54 Å². The number of hydrogen-bond donors (Lipinski definition) is 0. The third-order valence-electron chi connectivity index (χ3n) is 3.29. The van der Waals surface area contributed by atoms with E-state index < -0.39 is 11.8 Å². The van der Waals surface area contributed by atoms with E-state index >= 15 is 0 Å². The summed E-state index contributed by atoms with van der Waals surface area (Å²) in [4.78, 5) is 10.5. The lowest BCUT2D eigenvalue weighted by molar-refractivity contribution is -0.586. The van der Waals surface area contributed by atoms with Crippen molar-refractivity contribution < 1.29 is 14.4 Å². The summed E-state index contributed by atoms with van der Waals surface area (Å²) >= 11 is 0. The molecule has 1 heterocycles. The fourth-order valence-electron chi connectivity index (χ4n) is 1.92. The van der Waals surface area contributed by atoms with Gasteiger partial charge in [0.2, 0.25) is 0 Å². The van der Waals surface area contributed by atoms with E-state index in [1.54, 1.807) is 0 Å². The summed E-state index contributed by atoms with van der Waals surface area (Å²) in [5.41, 5.74) is -0.0281. The van der Waals surface area contributed by atoms with Crippen LogP contribution in [0.5, 0.6) is 0 Å². The van der Waals surface area contributed by atoms with Crippen molar-refractivity contribution >= 4 is 0 Å². The second kappa shape index (κ2) is 5.04. The van der Waals surface area contributed by atoms with E-state index in [1.807, 2.05) is 37.3 Å². The van der Waals surface area contributed by atoms with Crippen molar-refractivity contribution in [2.75, 3.05) is 13.2 Å². The summed E-state index contributed by atoms with van der Waals surface area (Å²) in [6.45, 7) is 3.70. The predicted octanol–water partition coefficient (Wildman–Crippen LogP) is 2.20. The highest BCUT2D eigenvalue weighted by Crippen LogP contribution is 2.28. The van der Waals surface area contributed by atoms with E-state index in [1.165, 1.54) is 6.92 Å². The second-order valence-electron chi connectivity index (χ2n) is 4.94. The number of nitro groups is 1. The van der Waals surface area contributed by atoms with Crippen LogP contribution in [-0.4, -0.2) is 30.0 Å². The van der Waals surface area contributed by atoms with Crippen molar-refractivity contribution in [3.8, 4) is 0 Å². The molecule has 0 radical (unpaired) electrons. The normalized spacial score (nSPS) is 29.8. The first-order valence-corrected chi connectivity index (χ1v) is 5.95. The topological polar surface area (TPSA) is 61.6 Å². The maximum Gasteiger partial charge on any atom is 0.265 e. The Morgan fingerprint density at radius 2 is 1.89 bits per heavy atom. The number of ether oxygens (including phenoxy) is 2. The summed E-state index contributed by atoms with van der Waals surface area (Å²) in [5, 5.41) is 10.9. The van der Waals surface area contributed by atoms with Gasteiger partial charge >= 0.3 is 0 Å². The molecule has 1 aliphatic rings. The van der Waals surface area contributed by atoms with Crippen molar-refractivity contribution in [1.29, 1.82) is 0 Å². The van der Waals surface area contributed by atoms with Gasteiger partial charge < -0.3 is 9.47 Å². The van der Waals surface area contributed by atoms with Crippen molar-refractivity contribution in [1.82, 2.24) is 0 Å². The zero-order chi connectivity index (χ0) is 13.2. The molecular weight excluding hydrogens is 234 g/mol. The van der Waals surface area contributed by atoms with E-state index in [-0.39, 0.29) is 24.1 Å². The lowest BCUT2D eigenvalue weighted by Gasteiger charge is -2.34. The van der Waals surface area contributed by atoms with Crippen LogP contribution in [0, 0.1) is 10.1 Å². The van der Waals surface area contributed by atoms with Crippen LogP contribution in [0.3, 0.4) is 0 Å². The van der Waals surface area contributed by atoms with Gasteiger partial charge in [0.05, 0.1) is 0 Å². The minimum atomic E-state index is -1.13. The maximum atomic E-state index is 10.9. The van der Waals surface area contributed by atoms with Gasteiger partial charge in [-0.25, -0.2) is 0 Å². The molecule has 1 aliphatic heterocycles. The van der Waals surface area contributed by atoms with Crippen molar-refractivity contribution in [2.24, 2.45) is 0 Å². The Kier molecular flexibility index (Phi) is 3.63. The molecule has 0 aliphatic carbocycles. The fourth-order valence-corrected chi connectivity index (χ4v) is 1.92. The number of nitrogens with zero attached hydrogens (tertiary/aromatic N) is 1. The summed E-state index contributed by atoms with van der Waals surface area (Å²) in [7, 11) is 0. The highest BCUT2D eigenvalue weighted by molar-refractivity contribution is 5.19. The van der Waals surface area contributed by atoms with Crippen LogP contribution in [0.1, 0.15) is 25.3 Å². The van der Waals surface area contributed by atoms with Gasteiger partial charge in [0.15, 0.2) is 6.29 Å². The van der Waals surface area contributed by atoms with Gasteiger partial charge in [-0.2, -0.15) is 0 Å². The van der Waals surface area contributed by atoms with Gasteiger partial charge in [-0.15, -0.1) is 0 Å². The van der Waals surface area contributed by atoms with E-state index in [0.29, 0.717) is 0 Å². The quantitative estimate of drug-likeness (QED) is 0.610. The summed E-state index contributed by atoms with van der Waals surface area (Å²) < 4.78 is 11.0. The Balaban J connectivity index is 2.00. The van der Waals surface area contributed by atoms with Crippen LogP contribution in [0.4, 0.5) is 0 Å². The Bertz CT molecular complexity index is 412. The molecule has 18 heavy (non-hydrogen) atoms. The highest BCUT2D eigenvalue weighted by atomic mass is 16.7. The molecule has 1 aromatic rings. The van der Waals surface area contributed by atoms with Crippen LogP contribution < -0.4 is 0 Å². The van der Waals surface area contributed by atoms with E-state index in [9.17, 15) is 10.1 Å². The summed E-state index contributed by atoms with van der Waals surface area (Å²) in [6.07, 6.45) is -0.416. The minimum Gasteiger partial charge on any atom is -0.344 e. The van der Waals surface area contributed by atoms with Gasteiger partial charge in [-0.3, -0.25) is 10.1 Å². The second-order valence-corrected chi connectivity index (χ2v) is 4.94. The Hall–Kier alpha value is -1.46. The molecule has 0 N–H and O–H groups in total. The Morgan fingerprint density at radius 3 is 2.39 bits per heavy atom. The molecule has 0 spiro atoms. The zero-order valence-electron chi connectivity index (χ0n) is 10.5. The van der Waals surface area contributed by atoms with Crippen LogP contribution >= 0.6 is 0 Å². The average molecular weight is 251 g/mol. The standard InChI is InChI=1S/C13H17NO4/c1-10(11-6-4-3-5-7-11)12-17-8-13(2,9-18-12)14(15)16/h3-7,10,12H,8-9H2,1-2H3/t10-,12?,13?/m1/s1. The van der Waals surface area contributed by atoms with Gasteiger partial charge in [-0.1, -0.05) is 37.3 Å². The first-order valence-electron chi connectivity index (χ1n) is 5.95. The molecular formula is C13H17NO4. The van der Waals surface area contributed by atoms with Gasteiger partial charge in [0.1, 0.15) is 13.2 Å². The SMILES string of the molecule is C[C@H](c1ccccc1)C1OCC(C)([N+](=O)[O-])CO1. The molecule has 0 unspecified atom stereocenters. The van der Waals surface area contributed by atoms with E-state index in [2.05, 4.69) is 0 Å². The third kappa shape index (κ3) is 2.52. The smallest absolute Gasteiger partial charge is 0.265 e. The highest BCUT2D eigenvalue weighted by Gasteiger charge is 2.44. The maximum absolute atomic E-state index is 10.9. The molecule has 98 valence electrons. The van der Waals surface area contributed by atoms with Crippen molar-refractivity contribution in [2.45, 2.75) is 31.6 Å². The van der Waals surface area contributed by atoms with Crippen LogP contribution in [-0.2, 0) is 9.47 Å². The fraction of sp³-hybridized carbons (Fsp3) is 0.538. The first kappa shape index (κ1) is 13.0. The molecule has 0 saturated carbocycles. The molecule has 1 atom stereocenters. The largest absolute Gasteiger partial charge is 0.344 e. The minimum absolute atomic E-state index is 0.0579. The van der Waals surface area contributed by atoms with Crippen molar-refractivity contribution in [3.63, 3.8) is 0 Å². The molecule has 0 bridgehead atoms. The van der Waals surface area contributed by atoms with Crippen LogP contribution in [0.25, 0.3) is 0 Å². The first-order chi connectivity index (χ1) is 8.53. The predicted molar refractivity (Wildman–Crippen MR) is 65.9 cm³/mol. The molecule has 2 rings (SSSR count). The van der Waals surface area contributed by atoms with Crippen LogP contribution in [0.15, 0.2) is 30.3 Å². The lowest BCUT2D eigenvalue weighted by atomic mass is 9.99. The molecule has 5 nitrogen and oxygen atoms in total. The lowest BCUT2D eigenvalue weighted by Crippen LogP contribution is -2.51. The van der Waals surface area contributed by atoms with E-state index in [0.717, 1.165) is 5.56 Å². The van der Waals surface area contributed by atoms with Gasteiger partial charge in [-0.05, 0) is 5.56 Å². The molecule has 1 saturated heterocycles. The molecule has 0 amide bonds. The molecule has 1 fully saturated rings. The van der Waals surface area contributed by atoms with Gasteiger partial charge in [0, 0.05) is 17.8 Å².